The Bertz CT molecular complexity index is 1000. The van der Waals surface area contributed by atoms with E-state index in [1.54, 1.807) is 6.92 Å². The second kappa shape index (κ2) is 8.96. The van der Waals surface area contributed by atoms with Crippen LogP contribution < -0.4 is 5.32 Å². The van der Waals surface area contributed by atoms with Crippen molar-refractivity contribution in [2.75, 3.05) is 25.6 Å². The minimum Gasteiger partial charge on any atom is -0.465 e. The fraction of sp³-hybridized carbons (Fsp3) is 0.350. The first-order chi connectivity index (χ1) is 14.7. The van der Waals surface area contributed by atoms with Crippen molar-refractivity contribution in [2.45, 2.75) is 26.1 Å². The molecule has 0 bridgehead atoms. The Kier molecular flexibility index (Phi) is 6.54. The molecule has 2 amide bonds. The van der Waals surface area contributed by atoms with Crippen LogP contribution in [-0.2, 0) is 28.6 Å². The number of nitrogens with zero attached hydrogens (tertiary/aromatic N) is 1. The highest BCUT2D eigenvalue weighted by atomic mass is 32.1. The van der Waals surface area contributed by atoms with Crippen LogP contribution in [0.2, 0.25) is 0 Å². The molecule has 1 aliphatic rings. The molecule has 166 valence electrons. The Morgan fingerprint density at radius 2 is 1.87 bits per heavy atom. The zero-order valence-corrected chi connectivity index (χ0v) is 17.5. The predicted molar refractivity (Wildman–Crippen MR) is 106 cm³/mol. The van der Waals surface area contributed by atoms with Gasteiger partial charge in [-0.2, -0.15) is 13.2 Å². The zero-order valence-electron chi connectivity index (χ0n) is 16.7. The van der Waals surface area contributed by atoms with Gasteiger partial charge in [0, 0.05) is 17.0 Å². The number of thiophene rings is 1. The average molecular weight is 456 g/mol. The second-order valence-corrected chi connectivity index (χ2v) is 7.70. The van der Waals surface area contributed by atoms with Crippen molar-refractivity contribution in [1.82, 2.24) is 4.90 Å². The van der Waals surface area contributed by atoms with Gasteiger partial charge in [0.1, 0.15) is 5.00 Å². The zero-order chi connectivity index (χ0) is 22.8. The normalized spacial score (nSPS) is 13.4. The van der Waals surface area contributed by atoms with Crippen molar-refractivity contribution < 1.29 is 37.0 Å². The standard InChI is InChI=1S/C20H19F3N2O5S/c1-3-30-19(28)25-9-8-13-14(10-25)31-17(15(13)18(27)29-2)24-16(26)11-4-6-12(7-5-11)20(21,22)23/h4-7H,3,8-10H2,1-2H3,(H,24,26). The van der Waals surface area contributed by atoms with Crippen LogP contribution in [-0.4, -0.2) is 43.1 Å². The van der Waals surface area contributed by atoms with E-state index < -0.39 is 29.7 Å². The minimum atomic E-state index is -4.51. The molecular formula is C20H19F3N2O5S. The van der Waals surface area contributed by atoms with Gasteiger partial charge in [-0.3, -0.25) is 4.79 Å². The minimum absolute atomic E-state index is 0.00309. The molecule has 11 heteroatoms. The smallest absolute Gasteiger partial charge is 0.416 e. The molecule has 31 heavy (non-hydrogen) atoms. The topological polar surface area (TPSA) is 84.9 Å². The summed E-state index contributed by atoms with van der Waals surface area (Å²) in [6.45, 7) is 2.47. The largest absolute Gasteiger partial charge is 0.465 e. The number of fused-ring (bicyclic) bond motifs is 1. The van der Waals surface area contributed by atoms with Crippen molar-refractivity contribution in [1.29, 1.82) is 0 Å². The monoisotopic (exact) mass is 456 g/mol. The van der Waals surface area contributed by atoms with Gasteiger partial charge in [0.2, 0.25) is 0 Å². The second-order valence-electron chi connectivity index (χ2n) is 6.60. The lowest BCUT2D eigenvalue weighted by molar-refractivity contribution is -0.137. The molecule has 0 saturated heterocycles. The van der Waals surface area contributed by atoms with E-state index >= 15 is 0 Å². The summed E-state index contributed by atoms with van der Waals surface area (Å²) in [5, 5.41) is 2.80. The first-order valence-corrected chi connectivity index (χ1v) is 10.1. The highest BCUT2D eigenvalue weighted by Gasteiger charge is 2.32. The van der Waals surface area contributed by atoms with Gasteiger partial charge in [-0.15, -0.1) is 11.3 Å². The Hall–Kier alpha value is -3.08. The van der Waals surface area contributed by atoms with Crippen LogP contribution >= 0.6 is 11.3 Å². The number of halogens is 3. The number of carbonyl (C=O) groups is 3. The van der Waals surface area contributed by atoms with Crippen molar-refractivity contribution in [3.8, 4) is 0 Å². The third-order valence-corrected chi connectivity index (χ3v) is 5.81. The van der Waals surface area contributed by atoms with E-state index in [4.69, 9.17) is 9.47 Å². The summed E-state index contributed by atoms with van der Waals surface area (Å²) in [6, 6.07) is 3.75. The predicted octanol–water partition coefficient (Wildman–Crippen LogP) is 4.32. The van der Waals surface area contributed by atoms with E-state index in [1.807, 2.05) is 0 Å². The van der Waals surface area contributed by atoms with Crippen LogP contribution in [0.5, 0.6) is 0 Å². The number of amides is 2. The van der Waals surface area contributed by atoms with Gasteiger partial charge in [0.15, 0.2) is 0 Å². The average Bonchev–Trinajstić information content (AvgIpc) is 3.09. The van der Waals surface area contributed by atoms with Crippen LogP contribution in [0.25, 0.3) is 0 Å². The Labute approximate surface area is 179 Å². The van der Waals surface area contributed by atoms with Gasteiger partial charge in [-0.25, -0.2) is 9.59 Å². The summed E-state index contributed by atoms with van der Waals surface area (Å²) in [7, 11) is 1.21. The number of anilines is 1. The van der Waals surface area contributed by atoms with E-state index in [9.17, 15) is 27.6 Å². The highest BCUT2D eigenvalue weighted by molar-refractivity contribution is 7.17. The van der Waals surface area contributed by atoms with Crippen molar-refractivity contribution in [3.05, 3.63) is 51.4 Å². The fourth-order valence-electron chi connectivity index (χ4n) is 3.17. The number of rotatable bonds is 4. The van der Waals surface area contributed by atoms with Gasteiger partial charge < -0.3 is 19.7 Å². The number of benzene rings is 1. The molecule has 3 rings (SSSR count). The van der Waals surface area contributed by atoms with Crippen LogP contribution in [0.1, 0.15) is 43.6 Å². The van der Waals surface area contributed by atoms with Gasteiger partial charge in [0.25, 0.3) is 5.91 Å². The lowest BCUT2D eigenvalue weighted by atomic mass is 10.0. The van der Waals surface area contributed by atoms with Crippen molar-refractivity contribution in [2.24, 2.45) is 0 Å². The number of alkyl halides is 3. The lowest BCUT2D eigenvalue weighted by Gasteiger charge is -2.26. The molecule has 1 aromatic carbocycles. The molecule has 0 fully saturated rings. The Balaban J connectivity index is 1.86. The summed E-state index contributed by atoms with van der Waals surface area (Å²) < 4.78 is 48.0. The Morgan fingerprint density at radius 1 is 1.19 bits per heavy atom. The van der Waals surface area contributed by atoms with Crippen LogP contribution in [0, 0.1) is 0 Å². The molecule has 2 heterocycles. The number of nitrogens with one attached hydrogen (secondary N) is 1. The summed E-state index contributed by atoms with van der Waals surface area (Å²) >= 11 is 1.11. The number of hydrogen-bond donors (Lipinski definition) is 1. The van der Waals surface area contributed by atoms with Crippen molar-refractivity contribution in [3.63, 3.8) is 0 Å². The van der Waals surface area contributed by atoms with Crippen LogP contribution in [0.15, 0.2) is 24.3 Å². The molecule has 0 spiro atoms. The van der Waals surface area contributed by atoms with E-state index in [2.05, 4.69) is 5.32 Å². The van der Waals surface area contributed by atoms with Crippen LogP contribution in [0.3, 0.4) is 0 Å². The molecule has 1 aliphatic heterocycles. The molecule has 0 unspecified atom stereocenters. The quantitative estimate of drug-likeness (QED) is 0.693. The third-order valence-electron chi connectivity index (χ3n) is 4.67. The molecule has 0 radical (unpaired) electrons. The van der Waals surface area contributed by atoms with Crippen LogP contribution in [0.4, 0.5) is 23.0 Å². The highest BCUT2D eigenvalue weighted by Crippen LogP contribution is 2.38. The lowest BCUT2D eigenvalue weighted by Crippen LogP contribution is -2.36. The van der Waals surface area contributed by atoms with E-state index in [0.29, 0.717) is 23.4 Å². The van der Waals surface area contributed by atoms with E-state index in [-0.39, 0.29) is 29.3 Å². The molecule has 7 nitrogen and oxygen atoms in total. The maximum atomic E-state index is 12.7. The first-order valence-electron chi connectivity index (χ1n) is 9.28. The van der Waals surface area contributed by atoms with Gasteiger partial charge in [-0.05, 0) is 43.2 Å². The molecular weight excluding hydrogens is 437 g/mol. The molecule has 0 aliphatic carbocycles. The number of ether oxygens (including phenoxy) is 2. The number of esters is 1. The maximum absolute atomic E-state index is 12.7. The summed E-state index contributed by atoms with van der Waals surface area (Å²) in [5.74, 6) is -1.32. The number of hydrogen-bond acceptors (Lipinski definition) is 6. The van der Waals surface area contributed by atoms with Gasteiger partial charge in [-0.1, -0.05) is 0 Å². The maximum Gasteiger partial charge on any atom is 0.416 e. The summed E-state index contributed by atoms with van der Waals surface area (Å²) in [4.78, 5) is 39.2. The molecule has 1 N–H and O–H groups in total. The van der Waals surface area contributed by atoms with Gasteiger partial charge >= 0.3 is 18.2 Å². The molecule has 1 aromatic heterocycles. The van der Waals surface area contributed by atoms with Gasteiger partial charge in [0.05, 0.1) is 31.4 Å². The summed E-state index contributed by atoms with van der Waals surface area (Å²) in [5.41, 5.74) is -0.0142. The van der Waals surface area contributed by atoms with E-state index in [1.165, 1.54) is 12.0 Å². The number of carbonyl (C=O) groups excluding carboxylic acids is 3. The third kappa shape index (κ3) is 4.82. The molecule has 0 saturated carbocycles. The number of methoxy groups -OCH3 is 1. The SMILES string of the molecule is CCOC(=O)N1CCc2c(sc(NC(=O)c3ccc(C(F)(F)F)cc3)c2C(=O)OC)C1. The molecule has 2 aromatic rings. The first kappa shape index (κ1) is 22.6. The fourth-order valence-corrected chi connectivity index (χ4v) is 4.41. The van der Waals surface area contributed by atoms with Crippen molar-refractivity contribution >= 4 is 34.3 Å². The summed E-state index contributed by atoms with van der Waals surface area (Å²) in [6.07, 6.45) is -4.62. The Morgan fingerprint density at radius 3 is 2.45 bits per heavy atom. The molecule has 0 atom stereocenters. The van der Waals surface area contributed by atoms with E-state index in [0.717, 1.165) is 35.6 Å².